The zero-order chi connectivity index (χ0) is 12.8. The van der Waals surface area contributed by atoms with Gasteiger partial charge >= 0.3 is 0 Å². The van der Waals surface area contributed by atoms with Crippen molar-refractivity contribution < 1.29 is 19.0 Å². The lowest BCUT2D eigenvalue weighted by Crippen LogP contribution is -2.20. The Balaban J connectivity index is 0.00000289. The maximum absolute atomic E-state index is 12.0. The van der Waals surface area contributed by atoms with Gasteiger partial charge in [-0.25, -0.2) is 0 Å². The van der Waals surface area contributed by atoms with Crippen molar-refractivity contribution in [2.75, 3.05) is 34.9 Å². The van der Waals surface area contributed by atoms with Gasteiger partial charge in [0.1, 0.15) is 11.3 Å². The fraction of sp³-hybridized carbons (Fsp3) is 0.417. The molecule has 0 heterocycles. The minimum absolute atomic E-state index is 0. The molecule has 102 valence electrons. The summed E-state index contributed by atoms with van der Waals surface area (Å²) >= 11 is 0. The Morgan fingerprint density at radius 1 is 1.11 bits per heavy atom. The summed E-state index contributed by atoms with van der Waals surface area (Å²) in [5.41, 5.74) is 0.392. The van der Waals surface area contributed by atoms with Gasteiger partial charge in [-0.05, 0) is 19.2 Å². The van der Waals surface area contributed by atoms with E-state index in [1.807, 2.05) is 0 Å². The Morgan fingerprint density at radius 2 is 1.67 bits per heavy atom. The summed E-state index contributed by atoms with van der Waals surface area (Å²) in [7, 11) is 6.23. The van der Waals surface area contributed by atoms with Crippen molar-refractivity contribution in [2.45, 2.75) is 0 Å². The molecule has 1 rings (SSSR count). The van der Waals surface area contributed by atoms with Crippen LogP contribution < -0.4 is 19.5 Å². The van der Waals surface area contributed by atoms with Crippen LogP contribution in [0.1, 0.15) is 10.4 Å². The number of hydrogen-bond acceptors (Lipinski definition) is 5. The zero-order valence-electron chi connectivity index (χ0n) is 10.9. The number of hydrogen-bond donors (Lipinski definition) is 1. The molecular weight excluding hydrogens is 258 g/mol. The summed E-state index contributed by atoms with van der Waals surface area (Å²) < 4.78 is 15.5. The minimum atomic E-state index is -0.111. The number of ether oxygens (including phenoxy) is 3. The van der Waals surface area contributed by atoms with Crippen LogP contribution in [0.25, 0.3) is 0 Å². The number of carbonyl (C=O) groups is 1. The molecule has 0 aliphatic heterocycles. The van der Waals surface area contributed by atoms with Crippen molar-refractivity contribution in [2.24, 2.45) is 0 Å². The quantitative estimate of drug-likeness (QED) is 0.798. The largest absolute Gasteiger partial charge is 0.496 e. The molecule has 0 aromatic heterocycles. The van der Waals surface area contributed by atoms with Gasteiger partial charge in [-0.1, -0.05) is 0 Å². The lowest BCUT2D eigenvalue weighted by atomic mass is 10.1. The molecule has 0 aliphatic rings. The highest BCUT2D eigenvalue weighted by atomic mass is 35.5. The topological polar surface area (TPSA) is 56.8 Å². The highest BCUT2D eigenvalue weighted by molar-refractivity contribution is 6.03. The van der Waals surface area contributed by atoms with E-state index in [4.69, 9.17) is 14.2 Å². The van der Waals surface area contributed by atoms with Gasteiger partial charge in [0, 0.05) is 0 Å². The van der Waals surface area contributed by atoms with Crippen LogP contribution in [0.15, 0.2) is 12.1 Å². The summed E-state index contributed by atoms with van der Waals surface area (Å²) in [6.45, 7) is 0.208. The van der Waals surface area contributed by atoms with Crippen molar-refractivity contribution in [3.63, 3.8) is 0 Å². The number of Topliss-reactive ketones (excluding diaryl/α,β-unsaturated/α-hetero) is 1. The third-order valence-electron chi connectivity index (χ3n) is 2.34. The van der Waals surface area contributed by atoms with Crippen LogP contribution in [0.2, 0.25) is 0 Å². The van der Waals surface area contributed by atoms with Crippen LogP contribution in [0, 0.1) is 0 Å². The van der Waals surface area contributed by atoms with E-state index in [9.17, 15) is 4.79 Å². The number of rotatable bonds is 6. The van der Waals surface area contributed by atoms with Gasteiger partial charge < -0.3 is 19.5 Å². The van der Waals surface area contributed by atoms with Crippen LogP contribution in [0.4, 0.5) is 0 Å². The smallest absolute Gasteiger partial charge is 0.184 e. The monoisotopic (exact) mass is 275 g/mol. The van der Waals surface area contributed by atoms with E-state index in [2.05, 4.69) is 5.32 Å². The van der Waals surface area contributed by atoms with Crippen LogP contribution in [0.5, 0.6) is 17.2 Å². The van der Waals surface area contributed by atoms with Crippen LogP contribution in [-0.4, -0.2) is 40.7 Å². The molecule has 0 fully saturated rings. The first-order chi connectivity index (χ1) is 8.19. The average molecular weight is 276 g/mol. The van der Waals surface area contributed by atoms with Crippen molar-refractivity contribution in [1.29, 1.82) is 0 Å². The number of benzene rings is 1. The van der Waals surface area contributed by atoms with Gasteiger partial charge in [0.25, 0.3) is 0 Å². The minimum Gasteiger partial charge on any atom is -0.496 e. The molecule has 0 spiro atoms. The second-order valence-electron chi connectivity index (χ2n) is 3.33. The lowest BCUT2D eigenvalue weighted by Gasteiger charge is -2.15. The summed E-state index contributed by atoms with van der Waals surface area (Å²) in [5, 5.41) is 2.80. The number of halogens is 1. The molecule has 0 radical (unpaired) electrons. The molecule has 1 aromatic rings. The van der Waals surface area contributed by atoms with E-state index < -0.39 is 0 Å². The van der Waals surface area contributed by atoms with Crippen LogP contribution in [0.3, 0.4) is 0 Å². The summed E-state index contributed by atoms with van der Waals surface area (Å²) in [4.78, 5) is 12.0. The van der Waals surface area contributed by atoms with Gasteiger partial charge in [-0.3, -0.25) is 4.79 Å². The first-order valence-corrected chi connectivity index (χ1v) is 5.16. The third-order valence-corrected chi connectivity index (χ3v) is 2.34. The van der Waals surface area contributed by atoms with Crippen molar-refractivity contribution >= 4 is 18.2 Å². The maximum atomic E-state index is 12.0. The number of carbonyl (C=O) groups excluding carboxylic acids is 1. The van der Waals surface area contributed by atoms with E-state index in [1.54, 1.807) is 19.2 Å². The first-order valence-electron chi connectivity index (χ1n) is 5.16. The number of ketones is 1. The van der Waals surface area contributed by atoms with E-state index in [-0.39, 0.29) is 24.7 Å². The first kappa shape index (κ1) is 16.5. The second-order valence-corrected chi connectivity index (χ2v) is 3.33. The molecule has 0 amide bonds. The fourth-order valence-electron chi connectivity index (χ4n) is 1.59. The van der Waals surface area contributed by atoms with Gasteiger partial charge in [-0.15, -0.1) is 12.4 Å². The maximum Gasteiger partial charge on any atom is 0.184 e. The molecule has 0 aliphatic carbocycles. The van der Waals surface area contributed by atoms with Crippen LogP contribution in [-0.2, 0) is 0 Å². The lowest BCUT2D eigenvalue weighted by molar-refractivity contribution is 0.0987. The Hall–Kier alpha value is -1.46. The molecule has 6 heteroatoms. The average Bonchev–Trinajstić information content (AvgIpc) is 2.36. The molecule has 0 unspecified atom stereocenters. The Morgan fingerprint density at radius 3 is 2.11 bits per heavy atom. The van der Waals surface area contributed by atoms with Crippen molar-refractivity contribution in [1.82, 2.24) is 5.32 Å². The SMILES string of the molecule is CNCC(=O)c1c(OC)ccc(OC)c1OC.Cl. The molecule has 5 nitrogen and oxygen atoms in total. The van der Waals surface area contributed by atoms with E-state index in [0.717, 1.165) is 0 Å². The zero-order valence-corrected chi connectivity index (χ0v) is 11.7. The molecule has 0 saturated heterocycles. The van der Waals surface area contributed by atoms with Gasteiger partial charge in [0.15, 0.2) is 17.3 Å². The van der Waals surface area contributed by atoms with E-state index >= 15 is 0 Å². The fourth-order valence-corrected chi connectivity index (χ4v) is 1.59. The van der Waals surface area contributed by atoms with Crippen molar-refractivity contribution in [3.8, 4) is 17.2 Å². The number of methoxy groups -OCH3 is 3. The molecule has 0 bridgehead atoms. The molecular formula is C12H18ClNO4. The third kappa shape index (κ3) is 3.27. The van der Waals surface area contributed by atoms with Gasteiger partial charge in [-0.2, -0.15) is 0 Å². The number of likely N-dealkylation sites (N-methyl/N-ethyl adjacent to an activating group) is 1. The van der Waals surface area contributed by atoms with Crippen LogP contribution >= 0.6 is 12.4 Å². The van der Waals surface area contributed by atoms with E-state index in [0.29, 0.717) is 22.8 Å². The summed E-state index contributed by atoms with van der Waals surface area (Å²) in [5.74, 6) is 1.27. The van der Waals surface area contributed by atoms with Gasteiger partial charge in [0.2, 0.25) is 0 Å². The second kappa shape index (κ2) is 7.79. The molecule has 1 aromatic carbocycles. The normalized spacial score (nSPS) is 9.33. The van der Waals surface area contributed by atoms with Gasteiger partial charge in [0.05, 0.1) is 27.9 Å². The molecule has 1 N–H and O–H groups in total. The molecule has 0 saturated carbocycles. The predicted octanol–water partition coefficient (Wildman–Crippen LogP) is 1.54. The number of nitrogens with one attached hydrogen (secondary N) is 1. The predicted molar refractivity (Wildman–Crippen MR) is 71.6 cm³/mol. The Labute approximate surface area is 113 Å². The van der Waals surface area contributed by atoms with E-state index in [1.165, 1.54) is 21.3 Å². The molecule has 18 heavy (non-hydrogen) atoms. The highest BCUT2D eigenvalue weighted by Crippen LogP contribution is 2.37. The van der Waals surface area contributed by atoms with Crippen molar-refractivity contribution in [3.05, 3.63) is 17.7 Å². The Bertz CT molecular complexity index is 409. The standard InChI is InChI=1S/C12H17NO4.ClH/c1-13-7-8(14)11-9(15-2)5-6-10(16-3)12(11)17-4;/h5-6,13H,7H2,1-4H3;1H. The summed E-state index contributed by atoms with van der Waals surface area (Å²) in [6.07, 6.45) is 0. The molecule has 0 atom stereocenters. The summed E-state index contributed by atoms with van der Waals surface area (Å²) in [6, 6.07) is 3.39. The highest BCUT2D eigenvalue weighted by Gasteiger charge is 2.21. The Kier molecular flexibility index (Phi) is 7.16.